The van der Waals surface area contributed by atoms with Gasteiger partial charge < -0.3 is 5.11 Å². The number of carboxylic acid groups (broad SMARTS) is 1. The molecule has 0 aliphatic rings. The second-order valence-corrected chi connectivity index (χ2v) is 11.1. The van der Waals surface area contributed by atoms with Crippen molar-refractivity contribution in [2.24, 2.45) is 5.41 Å². The van der Waals surface area contributed by atoms with Crippen molar-refractivity contribution in [1.29, 1.82) is 0 Å². The number of allylic oxidation sites excluding steroid dienone is 1. The van der Waals surface area contributed by atoms with Crippen LogP contribution in [0.2, 0.25) is 25.7 Å². The van der Waals surface area contributed by atoms with Crippen molar-refractivity contribution in [3.8, 4) is 0 Å². The summed E-state index contributed by atoms with van der Waals surface area (Å²) in [5.41, 5.74) is -0.583. The first-order chi connectivity index (χ1) is 6.00. The molecule has 0 amide bonds. The Morgan fingerprint density at radius 1 is 1.36 bits per heavy atom. The van der Waals surface area contributed by atoms with E-state index in [0.29, 0.717) is 0 Å². The molecule has 0 aliphatic carbocycles. The van der Waals surface area contributed by atoms with Gasteiger partial charge in [0, 0.05) is 8.07 Å². The molecule has 0 radical (unpaired) electrons. The molecule has 84 valence electrons. The van der Waals surface area contributed by atoms with E-state index in [1.54, 1.807) is 20.8 Å². The van der Waals surface area contributed by atoms with E-state index >= 15 is 0 Å². The Balaban J connectivity index is 0. The van der Waals surface area contributed by atoms with Gasteiger partial charge >= 0.3 is 5.97 Å². The van der Waals surface area contributed by atoms with Crippen LogP contribution in [0.4, 0.5) is 0 Å². The van der Waals surface area contributed by atoms with Crippen molar-refractivity contribution >= 4 is 14.0 Å². The summed E-state index contributed by atoms with van der Waals surface area (Å²) in [4.78, 5) is 10.0. The lowest BCUT2D eigenvalue weighted by atomic mass is 9.98. The van der Waals surface area contributed by atoms with E-state index in [1.165, 1.54) is 6.04 Å². The molecule has 2 nitrogen and oxygen atoms in total. The number of carboxylic acids is 1. The maximum absolute atomic E-state index is 10.0. The van der Waals surface area contributed by atoms with Crippen LogP contribution in [-0.2, 0) is 4.79 Å². The van der Waals surface area contributed by atoms with Crippen LogP contribution < -0.4 is 0 Å². The van der Waals surface area contributed by atoms with E-state index in [0.717, 1.165) is 0 Å². The number of rotatable bonds is 2. The highest BCUT2D eigenvalue weighted by molar-refractivity contribution is 6.76. The first-order valence-corrected chi connectivity index (χ1v) is 8.55. The second-order valence-electron chi connectivity index (χ2n) is 5.61. The van der Waals surface area contributed by atoms with Crippen LogP contribution in [-0.4, -0.2) is 19.1 Å². The van der Waals surface area contributed by atoms with Gasteiger partial charge in [0.05, 0.1) is 5.41 Å². The molecule has 3 heteroatoms. The van der Waals surface area contributed by atoms with Crippen LogP contribution in [0.5, 0.6) is 0 Å². The molecule has 0 saturated carbocycles. The summed E-state index contributed by atoms with van der Waals surface area (Å²) in [6, 6.07) is 1.24. The predicted octanol–water partition coefficient (Wildman–Crippen LogP) is 3.63. The van der Waals surface area contributed by atoms with Gasteiger partial charge in [-0.15, -0.1) is 6.58 Å². The lowest BCUT2D eigenvalue weighted by Crippen LogP contribution is -2.18. The van der Waals surface area contributed by atoms with Gasteiger partial charge in [0.25, 0.3) is 0 Å². The maximum atomic E-state index is 10.0. The summed E-state index contributed by atoms with van der Waals surface area (Å²) in [6.07, 6.45) is 2.02. The minimum Gasteiger partial charge on any atom is -0.481 e. The first-order valence-electron chi connectivity index (χ1n) is 4.85. The number of hydrogen-bond donors (Lipinski definition) is 1. The zero-order valence-electron chi connectivity index (χ0n) is 10.3. The normalized spacial score (nSPS) is 11.3. The van der Waals surface area contributed by atoms with Crippen molar-refractivity contribution in [2.45, 2.75) is 46.5 Å². The summed E-state index contributed by atoms with van der Waals surface area (Å²) >= 11 is 0. The third kappa shape index (κ3) is 14.0. The molecule has 0 aromatic carbocycles. The van der Waals surface area contributed by atoms with E-state index < -0.39 is 19.5 Å². The summed E-state index contributed by atoms with van der Waals surface area (Å²) in [5.74, 6) is -0.757. The molecule has 0 aliphatic heterocycles. The smallest absolute Gasteiger partial charge is 0.308 e. The Morgan fingerprint density at radius 2 is 1.64 bits per heavy atom. The molecule has 0 unspecified atom stereocenters. The zero-order chi connectivity index (χ0) is 12.0. The molecule has 0 fully saturated rings. The van der Waals surface area contributed by atoms with E-state index in [1.807, 2.05) is 6.08 Å². The minimum absolute atomic E-state index is 0.583. The highest BCUT2D eigenvalue weighted by atomic mass is 28.3. The average Bonchev–Trinajstić information content (AvgIpc) is 1.82. The minimum atomic E-state index is -0.775. The van der Waals surface area contributed by atoms with Gasteiger partial charge in [0.1, 0.15) is 0 Å². The van der Waals surface area contributed by atoms with Gasteiger partial charge in [-0.2, -0.15) is 0 Å². The van der Waals surface area contributed by atoms with E-state index in [-0.39, 0.29) is 0 Å². The summed E-state index contributed by atoms with van der Waals surface area (Å²) < 4.78 is 0. The molecule has 0 aromatic heterocycles. The van der Waals surface area contributed by atoms with Gasteiger partial charge in [0.15, 0.2) is 0 Å². The largest absolute Gasteiger partial charge is 0.481 e. The number of carbonyl (C=O) groups is 1. The van der Waals surface area contributed by atoms with E-state index in [2.05, 4.69) is 26.2 Å². The Kier molecular flexibility index (Phi) is 6.82. The molecule has 14 heavy (non-hydrogen) atoms. The van der Waals surface area contributed by atoms with Gasteiger partial charge in [-0.1, -0.05) is 25.7 Å². The van der Waals surface area contributed by atoms with Crippen molar-refractivity contribution in [1.82, 2.24) is 0 Å². The Morgan fingerprint density at radius 3 is 1.64 bits per heavy atom. The van der Waals surface area contributed by atoms with E-state index in [9.17, 15) is 4.79 Å². The van der Waals surface area contributed by atoms with Crippen LogP contribution in [0.25, 0.3) is 0 Å². The second kappa shape index (κ2) is 6.01. The Labute approximate surface area is 89.0 Å². The third-order valence-corrected chi connectivity index (χ3v) is 2.91. The lowest BCUT2D eigenvalue weighted by molar-refractivity contribution is -0.145. The Hall–Kier alpha value is -0.573. The fraction of sp³-hybridized carbons (Fsp3) is 0.727. The average molecular weight is 216 g/mol. The van der Waals surface area contributed by atoms with Crippen LogP contribution in [0, 0.1) is 5.41 Å². The molecule has 0 spiro atoms. The highest BCUT2D eigenvalue weighted by Gasteiger charge is 2.18. The molecule has 0 aromatic rings. The Bertz CT molecular complexity index is 184. The quantitative estimate of drug-likeness (QED) is 0.565. The first kappa shape index (κ1) is 15.9. The van der Waals surface area contributed by atoms with Gasteiger partial charge in [-0.25, -0.2) is 0 Å². The highest BCUT2D eigenvalue weighted by Crippen LogP contribution is 2.11. The summed E-state index contributed by atoms with van der Waals surface area (Å²) in [6.45, 7) is 15.7. The van der Waals surface area contributed by atoms with Crippen molar-refractivity contribution < 1.29 is 9.90 Å². The fourth-order valence-electron chi connectivity index (χ4n) is 0.433. The van der Waals surface area contributed by atoms with Crippen LogP contribution in [0.3, 0.4) is 0 Å². The third-order valence-electron chi connectivity index (χ3n) is 1.40. The zero-order valence-corrected chi connectivity index (χ0v) is 11.3. The van der Waals surface area contributed by atoms with Gasteiger partial charge in [0.2, 0.25) is 0 Å². The van der Waals surface area contributed by atoms with E-state index in [4.69, 9.17) is 5.11 Å². The van der Waals surface area contributed by atoms with Crippen LogP contribution in [0.15, 0.2) is 12.7 Å². The van der Waals surface area contributed by atoms with Gasteiger partial charge in [-0.05, 0) is 26.8 Å². The summed E-state index contributed by atoms with van der Waals surface area (Å²) in [7, 11) is -0.775. The van der Waals surface area contributed by atoms with Crippen molar-refractivity contribution in [2.75, 3.05) is 0 Å². The number of aliphatic carboxylic acids is 1. The van der Waals surface area contributed by atoms with Gasteiger partial charge in [-0.3, -0.25) is 4.79 Å². The lowest BCUT2D eigenvalue weighted by Gasteiger charge is -2.10. The fourth-order valence-corrected chi connectivity index (χ4v) is 1.30. The molecule has 0 rings (SSSR count). The molecule has 1 N–H and O–H groups in total. The topological polar surface area (TPSA) is 37.3 Å². The molecule has 0 heterocycles. The predicted molar refractivity (Wildman–Crippen MR) is 65.4 cm³/mol. The van der Waals surface area contributed by atoms with Crippen LogP contribution in [0.1, 0.15) is 20.8 Å². The van der Waals surface area contributed by atoms with Crippen molar-refractivity contribution in [3.05, 3.63) is 12.7 Å². The molecule has 0 atom stereocenters. The monoisotopic (exact) mass is 216 g/mol. The standard InChI is InChI=1S/C6H14Si.C5H10O2/c1-5-6-7(2,3)4;1-5(2,3)4(6)7/h5H,1,6H2,2-4H3;1-3H3,(H,6,7). The van der Waals surface area contributed by atoms with Crippen molar-refractivity contribution in [3.63, 3.8) is 0 Å². The maximum Gasteiger partial charge on any atom is 0.308 e. The molecular weight excluding hydrogens is 192 g/mol. The number of hydrogen-bond acceptors (Lipinski definition) is 1. The van der Waals surface area contributed by atoms with Crippen LogP contribution >= 0.6 is 0 Å². The molecule has 0 saturated heterocycles. The summed E-state index contributed by atoms with van der Waals surface area (Å²) in [5, 5.41) is 8.25. The molecular formula is C11H24O2Si. The SMILES string of the molecule is C=CC[Si](C)(C)C.CC(C)(C)C(=O)O. The molecule has 0 bridgehead atoms.